The third-order valence-corrected chi connectivity index (χ3v) is 2.52. The van der Waals surface area contributed by atoms with Crippen LogP contribution in [0.1, 0.15) is 32.4 Å². The van der Waals surface area contributed by atoms with Crippen molar-refractivity contribution in [3.05, 3.63) is 53.2 Å². The van der Waals surface area contributed by atoms with E-state index in [9.17, 15) is 9.59 Å². The van der Waals surface area contributed by atoms with E-state index in [1.54, 1.807) is 25.1 Å². The van der Waals surface area contributed by atoms with Crippen LogP contribution < -0.4 is 5.32 Å². The van der Waals surface area contributed by atoms with E-state index in [-0.39, 0.29) is 18.0 Å². The molecule has 1 amide bonds. The van der Waals surface area contributed by atoms with Gasteiger partial charge >= 0.3 is 5.97 Å². The number of furan rings is 1. The number of nitrogens with one attached hydrogen (secondary N) is 1. The Balaban J connectivity index is 2.01. The largest absolute Gasteiger partial charge is 0.478 e. The molecule has 0 saturated heterocycles. The maximum absolute atomic E-state index is 11.7. The van der Waals surface area contributed by atoms with Gasteiger partial charge in [-0.2, -0.15) is 0 Å². The van der Waals surface area contributed by atoms with Gasteiger partial charge in [0.15, 0.2) is 0 Å². The number of pyridine rings is 1. The van der Waals surface area contributed by atoms with E-state index in [0.717, 1.165) is 0 Å². The van der Waals surface area contributed by atoms with Crippen molar-refractivity contribution in [2.75, 3.05) is 0 Å². The number of carboxylic acid groups (broad SMARTS) is 1. The second-order valence-electron chi connectivity index (χ2n) is 3.89. The van der Waals surface area contributed by atoms with Crippen molar-refractivity contribution in [3.8, 4) is 0 Å². The molecule has 0 aliphatic heterocycles. The lowest BCUT2D eigenvalue weighted by Gasteiger charge is -2.01. The van der Waals surface area contributed by atoms with Crippen LogP contribution in [0.15, 0.2) is 34.9 Å². The molecule has 19 heavy (non-hydrogen) atoms. The van der Waals surface area contributed by atoms with Crippen LogP contribution in [0.25, 0.3) is 0 Å². The van der Waals surface area contributed by atoms with E-state index in [4.69, 9.17) is 9.52 Å². The SMILES string of the molecule is Cc1oc(CNC(=O)c2ccccn2)cc1C(=O)O. The van der Waals surface area contributed by atoms with Crippen molar-refractivity contribution < 1.29 is 19.1 Å². The van der Waals surface area contributed by atoms with Gasteiger partial charge in [-0.05, 0) is 25.1 Å². The van der Waals surface area contributed by atoms with Gasteiger partial charge in [0.2, 0.25) is 0 Å². The van der Waals surface area contributed by atoms with E-state index >= 15 is 0 Å². The fourth-order valence-electron chi connectivity index (χ4n) is 1.60. The molecule has 0 unspecified atom stereocenters. The van der Waals surface area contributed by atoms with E-state index in [2.05, 4.69) is 10.3 Å². The summed E-state index contributed by atoms with van der Waals surface area (Å²) in [6.45, 7) is 1.68. The molecule has 0 saturated carbocycles. The van der Waals surface area contributed by atoms with E-state index < -0.39 is 5.97 Å². The number of aryl methyl sites for hydroxylation is 1. The number of rotatable bonds is 4. The Morgan fingerprint density at radius 2 is 2.21 bits per heavy atom. The minimum absolute atomic E-state index is 0.0992. The van der Waals surface area contributed by atoms with Crippen LogP contribution in [0, 0.1) is 6.92 Å². The van der Waals surface area contributed by atoms with Crippen molar-refractivity contribution >= 4 is 11.9 Å². The average molecular weight is 260 g/mol. The number of aromatic nitrogens is 1. The minimum atomic E-state index is -1.05. The summed E-state index contributed by atoms with van der Waals surface area (Å²) in [6.07, 6.45) is 1.52. The summed E-state index contributed by atoms with van der Waals surface area (Å²) in [5.74, 6) is -0.691. The van der Waals surface area contributed by atoms with Gasteiger partial charge in [0.05, 0.1) is 6.54 Å². The number of hydrogen-bond acceptors (Lipinski definition) is 4. The van der Waals surface area contributed by atoms with Gasteiger partial charge < -0.3 is 14.8 Å². The molecule has 0 spiro atoms. The molecule has 0 aliphatic rings. The summed E-state index contributed by atoms with van der Waals surface area (Å²) in [5, 5.41) is 11.5. The lowest BCUT2D eigenvalue weighted by atomic mass is 10.2. The first-order chi connectivity index (χ1) is 9.08. The number of carbonyl (C=O) groups is 2. The molecule has 0 fully saturated rings. The van der Waals surface area contributed by atoms with E-state index in [1.165, 1.54) is 12.3 Å². The summed E-state index contributed by atoms with van der Waals surface area (Å²) in [6, 6.07) is 6.41. The number of hydrogen-bond donors (Lipinski definition) is 2. The van der Waals surface area contributed by atoms with Crippen LogP contribution in [0.3, 0.4) is 0 Å². The fourth-order valence-corrected chi connectivity index (χ4v) is 1.60. The Labute approximate surface area is 109 Å². The van der Waals surface area contributed by atoms with Gasteiger partial charge in [0.25, 0.3) is 5.91 Å². The molecule has 2 heterocycles. The Hall–Kier alpha value is -2.63. The lowest BCUT2D eigenvalue weighted by molar-refractivity contribution is 0.0694. The molecule has 2 rings (SSSR count). The minimum Gasteiger partial charge on any atom is -0.478 e. The smallest absolute Gasteiger partial charge is 0.339 e. The second kappa shape index (κ2) is 5.34. The lowest BCUT2D eigenvalue weighted by Crippen LogP contribution is -2.23. The summed E-state index contributed by atoms with van der Waals surface area (Å²) < 4.78 is 5.25. The molecule has 0 aliphatic carbocycles. The predicted octanol–water partition coefficient (Wildman–Crippen LogP) is 1.61. The Morgan fingerprint density at radius 1 is 1.42 bits per heavy atom. The van der Waals surface area contributed by atoms with Gasteiger partial charge in [0, 0.05) is 6.20 Å². The second-order valence-corrected chi connectivity index (χ2v) is 3.89. The molecule has 2 N–H and O–H groups in total. The normalized spacial score (nSPS) is 10.2. The van der Waals surface area contributed by atoms with Gasteiger partial charge in [-0.1, -0.05) is 6.07 Å². The molecule has 2 aromatic heterocycles. The zero-order valence-electron chi connectivity index (χ0n) is 10.2. The van der Waals surface area contributed by atoms with Crippen LogP contribution in [0.4, 0.5) is 0 Å². The first kappa shape index (κ1) is 12.8. The number of aromatic carboxylic acids is 1. The van der Waals surface area contributed by atoms with Gasteiger partial charge in [-0.25, -0.2) is 4.79 Å². The van der Waals surface area contributed by atoms with Gasteiger partial charge in [-0.15, -0.1) is 0 Å². The monoisotopic (exact) mass is 260 g/mol. The molecular formula is C13H12N2O4. The zero-order chi connectivity index (χ0) is 13.8. The highest BCUT2D eigenvalue weighted by Gasteiger charge is 2.14. The summed E-state index contributed by atoms with van der Waals surface area (Å²) in [4.78, 5) is 26.5. The summed E-state index contributed by atoms with van der Waals surface area (Å²) >= 11 is 0. The number of amides is 1. The van der Waals surface area contributed by atoms with Crippen LogP contribution >= 0.6 is 0 Å². The molecule has 6 nitrogen and oxygen atoms in total. The van der Waals surface area contributed by atoms with Crippen molar-refractivity contribution in [1.29, 1.82) is 0 Å². The molecule has 0 aromatic carbocycles. The molecule has 0 atom stereocenters. The number of carbonyl (C=O) groups excluding carboxylic acids is 1. The van der Waals surface area contributed by atoms with Gasteiger partial charge in [0.1, 0.15) is 22.8 Å². The van der Waals surface area contributed by atoms with E-state index in [1.807, 2.05) is 0 Å². The third kappa shape index (κ3) is 2.98. The molecule has 0 bridgehead atoms. The van der Waals surface area contributed by atoms with Crippen LogP contribution in [-0.4, -0.2) is 22.0 Å². The maximum atomic E-state index is 11.7. The third-order valence-electron chi connectivity index (χ3n) is 2.52. The molecule has 2 aromatic rings. The Morgan fingerprint density at radius 3 is 2.79 bits per heavy atom. The van der Waals surface area contributed by atoms with Crippen molar-refractivity contribution in [2.24, 2.45) is 0 Å². The zero-order valence-corrected chi connectivity index (χ0v) is 10.2. The molecule has 98 valence electrons. The fraction of sp³-hybridized carbons (Fsp3) is 0.154. The maximum Gasteiger partial charge on any atom is 0.339 e. The summed E-state index contributed by atoms with van der Waals surface area (Å²) in [5.41, 5.74) is 0.395. The first-order valence-corrected chi connectivity index (χ1v) is 5.60. The van der Waals surface area contributed by atoms with Crippen LogP contribution in [0.5, 0.6) is 0 Å². The van der Waals surface area contributed by atoms with E-state index in [0.29, 0.717) is 17.2 Å². The molecule has 6 heteroatoms. The van der Waals surface area contributed by atoms with Crippen molar-refractivity contribution in [3.63, 3.8) is 0 Å². The molecule has 0 radical (unpaired) electrons. The number of carboxylic acids is 1. The Kier molecular flexibility index (Phi) is 3.61. The predicted molar refractivity (Wildman–Crippen MR) is 65.8 cm³/mol. The van der Waals surface area contributed by atoms with Crippen LogP contribution in [-0.2, 0) is 6.54 Å². The first-order valence-electron chi connectivity index (χ1n) is 5.60. The number of nitrogens with zero attached hydrogens (tertiary/aromatic N) is 1. The standard InChI is InChI=1S/C13H12N2O4/c1-8-10(13(17)18)6-9(19-8)7-15-12(16)11-4-2-3-5-14-11/h2-6H,7H2,1H3,(H,15,16)(H,17,18). The Bertz CT molecular complexity index is 604. The van der Waals surface area contributed by atoms with Crippen molar-refractivity contribution in [1.82, 2.24) is 10.3 Å². The quantitative estimate of drug-likeness (QED) is 0.871. The van der Waals surface area contributed by atoms with Gasteiger partial charge in [-0.3, -0.25) is 9.78 Å². The highest BCUT2D eigenvalue weighted by Crippen LogP contribution is 2.14. The highest BCUT2D eigenvalue weighted by molar-refractivity contribution is 5.92. The average Bonchev–Trinajstić information content (AvgIpc) is 2.78. The van der Waals surface area contributed by atoms with Crippen molar-refractivity contribution in [2.45, 2.75) is 13.5 Å². The highest BCUT2D eigenvalue weighted by atomic mass is 16.4. The topological polar surface area (TPSA) is 92.4 Å². The molecular weight excluding hydrogens is 248 g/mol. The van der Waals surface area contributed by atoms with Crippen LogP contribution in [0.2, 0.25) is 0 Å². The summed E-state index contributed by atoms with van der Waals surface area (Å²) in [7, 11) is 0.